The van der Waals surface area contributed by atoms with E-state index >= 15 is 0 Å². The van der Waals surface area contributed by atoms with E-state index in [0.29, 0.717) is 16.5 Å². The third-order valence-corrected chi connectivity index (χ3v) is 10.8. The molecule has 0 bridgehead atoms. The summed E-state index contributed by atoms with van der Waals surface area (Å²) >= 11 is 30.2. The lowest BCUT2D eigenvalue weighted by molar-refractivity contribution is -0.0686. The van der Waals surface area contributed by atoms with Gasteiger partial charge in [0, 0.05) is 41.0 Å². The van der Waals surface area contributed by atoms with E-state index < -0.39 is 17.4 Å². The van der Waals surface area contributed by atoms with E-state index in [-0.39, 0.29) is 15.6 Å². The molecule has 0 radical (unpaired) electrons. The van der Waals surface area contributed by atoms with Crippen molar-refractivity contribution in [3.63, 3.8) is 0 Å². The molecular formula is C40H42Br2Cl4F3N3O2. The predicted molar refractivity (Wildman–Crippen MR) is 228 cm³/mol. The number of hydrogen-bond acceptors (Lipinski definition) is 5. The number of allylic oxidation sites excluding steroid dienone is 1. The summed E-state index contributed by atoms with van der Waals surface area (Å²) in [6.07, 6.45) is -2.39. The van der Waals surface area contributed by atoms with Gasteiger partial charge in [0.2, 0.25) is 0 Å². The molecule has 0 aliphatic carbocycles. The Balaban J connectivity index is 0.000000272. The van der Waals surface area contributed by atoms with Crippen molar-refractivity contribution in [1.82, 2.24) is 4.90 Å². The van der Waals surface area contributed by atoms with Gasteiger partial charge in [-0.15, -0.1) is 0 Å². The largest absolute Gasteiger partial charge is 0.416 e. The molecule has 0 aromatic heterocycles. The zero-order valence-corrected chi connectivity index (χ0v) is 36.8. The van der Waals surface area contributed by atoms with Crippen LogP contribution in [0.5, 0.6) is 0 Å². The second-order valence-electron chi connectivity index (χ2n) is 12.2. The van der Waals surface area contributed by atoms with Crippen molar-refractivity contribution in [1.29, 1.82) is 0 Å². The lowest BCUT2D eigenvalue weighted by Crippen LogP contribution is -2.22. The molecular weight excluding hydrogens is 913 g/mol. The van der Waals surface area contributed by atoms with Crippen molar-refractivity contribution in [2.24, 2.45) is 10.3 Å². The molecule has 0 amide bonds. The normalized spacial score (nSPS) is 14.9. The van der Waals surface area contributed by atoms with E-state index in [1.54, 1.807) is 6.07 Å². The minimum atomic E-state index is -4.46. The van der Waals surface area contributed by atoms with Gasteiger partial charge in [0.25, 0.3) is 0 Å². The number of aryl methyl sites for hydroxylation is 2. The van der Waals surface area contributed by atoms with Gasteiger partial charge in [0.05, 0.1) is 17.5 Å². The van der Waals surface area contributed by atoms with Gasteiger partial charge in [-0.05, 0) is 129 Å². The van der Waals surface area contributed by atoms with Crippen molar-refractivity contribution in [2.45, 2.75) is 59.7 Å². The number of nitrogens with zero attached hydrogens (tertiary/aromatic N) is 3. The minimum Gasteiger partial charge on any atom is -0.411 e. The van der Waals surface area contributed by atoms with Crippen LogP contribution in [-0.2, 0) is 10.4 Å². The smallest absolute Gasteiger partial charge is 0.411 e. The summed E-state index contributed by atoms with van der Waals surface area (Å²) in [4.78, 5) is 8.11. The highest BCUT2D eigenvalue weighted by Gasteiger charge is 2.37. The lowest BCUT2D eigenvalue weighted by atomic mass is 9.89. The first-order chi connectivity index (χ1) is 25.3. The Morgan fingerprint density at radius 1 is 0.852 bits per heavy atom. The molecule has 1 unspecified atom stereocenters. The van der Waals surface area contributed by atoms with E-state index in [1.165, 1.54) is 49.6 Å². The molecule has 0 saturated carbocycles. The summed E-state index contributed by atoms with van der Waals surface area (Å²) < 4.78 is 38.8. The van der Waals surface area contributed by atoms with Crippen LogP contribution in [0.3, 0.4) is 0 Å². The number of benzene rings is 4. The van der Waals surface area contributed by atoms with Crippen LogP contribution in [0.4, 0.5) is 13.2 Å². The first-order valence-electron chi connectivity index (χ1n) is 16.6. The summed E-state index contributed by atoms with van der Waals surface area (Å²) in [5.41, 5.74) is 4.49. The maximum absolute atomic E-state index is 12.2. The fourth-order valence-electron chi connectivity index (χ4n) is 4.91. The van der Waals surface area contributed by atoms with Crippen LogP contribution in [-0.4, -0.2) is 47.8 Å². The Kier molecular flexibility index (Phi) is 19.6. The van der Waals surface area contributed by atoms with Crippen molar-refractivity contribution in [3.05, 3.63) is 142 Å². The highest BCUT2D eigenvalue weighted by molar-refractivity contribution is 9.10. The van der Waals surface area contributed by atoms with Gasteiger partial charge < -0.3 is 14.9 Å². The molecule has 1 heterocycles. The van der Waals surface area contributed by atoms with E-state index in [9.17, 15) is 13.2 Å². The Bertz CT molecular complexity index is 1890. The van der Waals surface area contributed by atoms with Crippen molar-refractivity contribution >= 4 is 95.8 Å². The van der Waals surface area contributed by atoms with Crippen molar-refractivity contribution in [3.8, 4) is 0 Å². The highest BCUT2D eigenvalue weighted by atomic mass is 79.9. The van der Waals surface area contributed by atoms with Crippen LogP contribution >= 0.6 is 78.3 Å². The molecule has 14 heteroatoms. The van der Waals surface area contributed by atoms with Crippen LogP contribution in [0, 0.1) is 13.8 Å². The summed E-state index contributed by atoms with van der Waals surface area (Å²) in [5.74, 6) is 0. The van der Waals surface area contributed by atoms with Gasteiger partial charge in [-0.2, -0.15) is 13.2 Å². The average Bonchev–Trinajstić information content (AvgIpc) is 3.51. The zero-order valence-electron chi connectivity index (χ0n) is 30.6. The number of hydrogen-bond donors (Lipinski definition) is 1. The molecule has 0 fully saturated rings. The molecule has 1 aliphatic rings. The van der Waals surface area contributed by atoms with Gasteiger partial charge in [-0.1, -0.05) is 128 Å². The van der Waals surface area contributed by atoms with E-state index in [0.717, 1.165) is 36.9 Å². The number of rotatable bonds is 7. The Hall–Kier alpha value is -2.57. The summed E-state index contributed by atoms with van der Waals surface area (Å²) in [6, 6.07) is 21.1. The fraction of sp³-hybridized carbons (Fsp3) is 0.300. The average molecular weight is 955 g/mol. The Morgan fingerprint density at radius 3 is 1.76 bits per heavy atom. The second kappa shape index (κ2) is 22.2. The zero-order chi connectivity index (χ0) is 40.8. The first kappa shape index (κ1) is 47.6. The molecule has 0 spiro atoms. The minimum absolute atomic E-state index is 0.116. The molecule has 292 valence electrons. The van der Waals surface area contributed by atoms with Crippen LogP contribution in [0.25, 0.3) is 5.57 Å². The Labute approximate surface area is 353 Å². The molecule has 1 aliphatic heterocycles. The molecule has 4 aromatic carbocycles. The van der Waals surface area contributed by atoms with Gasteiger partial charge in [0.15, 0.2) is 5.60 Å². The van der Waals surface area contributed by atoms with Crippen molar-refractivity contribution < 1.29 is 23.2 Å². The number of oxime groups is 2. The summed E-state index contributed by atoms with van der Waals surface area (Å²) in [6.45, 7) is 19.1. The third-order valence-electron chi connectivity index (χ3n) is 8.11. The predicted octanol–water partition coefficient (Wildman–Crippen LogP) is 14.6. The SMILES string of the molecule is C=C(c1cc(Cl)cc(Cl)c1)C(F)(F)F.CCN(CC)CC.Cc1cc(/C=N/O)ccc1Br.Cc1cc(C2=NOC(C)(c3cc(Cl)cc(Cl)c3)C2)ccc1Br. The second-order valence-corrected chi connectivity index (χ2v) is 15.6. The van der Waals surface area contributed by atoms with E-state index in [4.69, 9.17) is 56.4 Å². The van der Waals surface area contributed by atoms with Crippen LogP contribution < -0.4 is 0 Å². The highest BCUT2D eigenvalue weighted by Crippen LogP contribution is 2.39. The van der Waals surface area contributed by atoms with Gasteiger partial charge in [-0.3, -0.25) is 0 Å². The molecule has 1 N–H and O–H groups in total. The lowest BCUT2D eigenvalue weighted by Gasteiger charge is -2.22. The first-order valence-corrected chi connectivity index (χ1v) is 19.7. The quantitative estimate of drug-likeness (QED) is 0.114. The topological polar surface area (TPSA) is 57.4 Å². The van der Waals surface area contributed by atoms with Gasteiger partial charge in [-0.25, -0.2) is 0 Å². The number of alkyl halides is 3. The van der Waals surface area contributed by atoms with Crippen molar-refractivity contribution in [2.75, 3.05) is 19.6 Å². The fourth-order valence-corrected chi connectivity index (χ4v) is 6.46. The summed E-state index contributed by atoms with van der Waals surface area (Å²) in [7, 11) is 0. The molecule has 0 saturated heterocycles. The maximum Gasteiger partial charge on any atom is 0.416 e. The molecule has 4 aromatic rings. The van der Waals surface area contributed by atoms with Gasteiger partial charge >= 0.3 is 6.18 Å². The number of halogens is 9. The molecule has 54 heavy (non-hydrogen) atoms. The molecule has 5 nitrogen and oxygen atoms in total. The monoisotopic (exact) mass is 951 g/mol. The van der Waals surface area contributed by atoms with Gasteiger partial charge in [0.1, 0.15) is 0 Å². The molecule has 5 rings (SSSR count). The molecule has 1 atom stereocenters. The third kappa shape index (κ3) is 15.2. The Morgan fingerprint density at radius 2 is 1.33 bits per heavy atom. The standard InChI is InChI=1S/C17H14BrCl2NO.C9H5Cl2F3.C8H8BrNO.C6H15N/c1-10-5-11(3-4-15(10)18)16-9-17(2,22-21-16)12-6-13(19)8-14(20)7-12;1-5(9(12,13)14)6-2-7(10)4-8(11)3-6;1-6-4-7(5-10-11)2-3-8(6)9;1-4-7(5-2)6-3/h3-8H,9H2,1-2H3;2-4H,1H2;2-5,11H,1H3;4-6H2,1-3H3/b;;10-5+;. The van der Waals surface area contributed by atoms with Crippen LogP contribution in [0.2, 0.25) is 20.1 Å². The van der Waals surface area contributed by atoms with Crippen LogP contribution in [0.15, 0.2) is 98.6 Å². The summed E-state index contributed by atoms with van der Waals surface area (Å²) in [5, 5.41) is 17.0. The van der Waals surface area contributed by atoms with Crippen LogP contribution in [0.1, 0.15) is 67.5 Å². The van der Waals surface area contributed by atoms with E-state index in [2.05, 4.69) is 87.4 Å². The maximum atomic E-state index is 12.2. The van der Waals surface area contributed by atoms with E-state index in [1.807, 2.05) is 56.3 Å².